The summed E-state index contributed by atoms with van der Waals surface area (Å²) >= 11 is 0. The average molecular weight is 448 g/mol. The van der Waals surface area contributed by atoms with Crippen LogP contribution in [0.4, 0.5) is 0 Å². The van der Waals surface area contributed by atoms with Crippen LogP contribution in [-0.2, 0) is 26.2 Å². The predicted molar refractivity (Wildman–Crippen MR) is 101 cm³/mol. The summed E-state index contributed by atoms with van der Waals surface area (Å²) in [6.45, 7) is 6.89. The van der Waals surface area contributed by atoms with Crippen LogP contribution in [0, 0.1) is 0 Å². The van der Waals surface area contributed by atoms with E-state index < -0.39 is 0 Å². The van der Waals surface area contributed by atoms with Gasteiger partial charge in [-0.05, 0) is 84.1 Å². The Morgan fingerprint density at radius 3 is 0.440 bits per heavy atom. The summed E-state index contributed by atoms with van der Waals surface area (Å²) in [5.74, 6) is 0. The van der Waals surface area contributed by atoms with Crippen molar-refractivity contribution in [3.8, 4) is 0 Å². The van der Waals surface area contributed by atoms with Gasteiger partial charge in [-0.25, -0.2) is 0 Å². The van der Waals surface area contributed by atoms with Crippen LogP contribution in [0.5, 0.6) is 0 Å². The molecule has 8 nitrogen and oxygen atoms in total. The second-order valence-corrected chi connectivity index (χ2v) is 6.38. The molecule has 0 aliphatic carbocycles. The minimum absolute atomic E-state index is 0. The summed E-state index contributed by atoms with van der Waals surface area (Å²) in [6, 6.07) is 0. The van der Waals surface area contributed by atoms with E-state index >= 15 is 0 Å². The van der Waals surface area contributed by atoms with Crippen molar-refractivity contribution >= 4 is 0 Å². The molecule has 0 aliphatic rings. The third-order valence-electron chi connectivity index (χ3n) is 2.99. The summed E-state index contributed by atoms with van der Waals surface area (Å²) in [6.07, 6.45) is -1.26. The van der Waals surface area contributed by atoms with E-state index in [9.17, 15) is 0 Å². The van der Waals surface area contributed by atoms with Crippen LogP contribution < -0.4 is 0 Å². The Hall–Kier alpha value is 0.563. The van der Waals surface area contributed by atoms with E-state index in [2.05, 4.69) is 0 Å². The fourth-order valence-electron chi connectivity index (χ4n) is 0. The SMILES string of the molecule is CC(O)N(C)C.CC(O)N(C)C.CC(O)N(C)C.CC(O)N(C)C.[Zr]. The van der Waals surface area contributed by atoms with Crippen molar-refractivity contribution < 1.29 is 46.6 Å². The van der Waals surface area contributed by atoms with Crippen LogP contribution in [0.25, 0.3) is 0 Å². The molecule has 4 atom stereocenters. The van der Waals surface area contributed by atoms with Crippen molar-refractivity contribution in [3.05, 3.63) is 0 Å². The van der Waals surface area contributed by atoms with Gasteiger partial charge in [0.2, 0.25) is 0 Å². The van der Waals surface area contributed by atoms with Gasteiger partial charge in [0.25, 0.3) is 0 Å². The van der Waals surface area contributed by atoms with E-state index in [1.165, 1.54) is 0 Å². The minimum Gasteiger partial charge on any atom is -0.379 e. The van der Waals surface area contributed by atoms with Gasteiger partial charge in [0.1, 0.15) is 24.9 Å². The van der Waals surface area contributed by atoms with E-state index in [1.54, 1.807) is 47.3 Å². The third kappa shape index (κ3) is 45.6. The molecule has 0 amide bonds. The Balaban J connectivity index is -0.0000000702. The van der Waals surface area contributed by atoms with Crippen molar-refractivity contribution in [2.45, 2.75) is 52.6 Å². The Labute approximate surface area is 175 Å². The first kappa shape index (κ1) is 36.5. The molecule has 0 rings (SSSR count). The molecular weight excluding hydrogens is 403 g/mol. The number of hydrogen-bond acceptors (Lipinski definition) is 8. The maximum absolute atomic E-state index is 8.56. The molecule has 0 radical (unpaired) electrons. The zero-order chi connectivity index (χ0) is 20.6. The van der Waals surface area contributed by atoms with Crippen LogP contribution in [-0.4, -0.2) is 121 Å². The maximum atomic E-state index is 8.56. The molecular formula is C16H44N4O4Zr. The van der Waals surface area contributed by atoms with Gasteiger partial charge in [0.15, 0.2) is 0 Å². The number of aliphatic hydroxyl groups is 4. The average Bonchev–Trinajstić information content (AvgIpc) is 2.40. The Bertz CT molecular complexity index is 168. The molecule has 4 unspecified atom stereocenters. The second-order valence-electron chi connectivity index (χ2n) is 6.38. The number of rotatable bonds is 4. The van der Waals surface area contributed by atoms with Gasteiger partial charge in [-0.1, -0.05) is 0 Å². The number of nitrogens with zero attached hydrogens (tertiary/aromatic N) is 4. The zero-order valence-corrected chi connectivity index (χ0v) is 20.8. The molecule has 0 aliphatic heterocycles. The molecule has 156 valence electrons. The van der Waals surface area contributed by atoms with Crippen molar-refractivity contribution in [1.82, 2.24) is 19.6 Å². The van der Waals surface area contributed by atoms with Crippen LogP contribution >= 0.6 is 0 Å². The molecule has 4 N–H and O–H groups in total. The van der Waals surface area contributed by atoms with E-state index in [-0.39, 0.29) is 51.1 Å². The van der Waals surface area contributed by atoms with Crippen LogP contribution in [0.3, 0.4) is 0 Å². The molecule has 0 aromatic carbocycles. The van der Waals surface area contributed by atoms with Gasteiger partial charge in [-0.3, -0.25) is 19.6 Å². The molecule has 0 fully saturated rings. The van der Waals surface area contributed by atoms with E-state index in [1.807, 2.05) is 56.4 Å². The van der Waals surface area contributed by atoms with Gasteiger partial charge in [-0.2, -0.15) is 0 Å². The first-order valence-electron chi connectivity index (χ1n) is 7.95. The molecule has 0 spiro atoms. The number of aliphatic hydroxyl groups excluding tert-OH is 4. The van der Waals surface area contributed by atoms with Crippen molar-refractivity contribution in [3.63, 3.8) is 0 Å². The normalized spacial score (nSPS) is 14.9. The number of hydrogen-bond donors (Lipinski definition) is 4. The van der Waals surface area contributed by atoms with Crippen LogP contribution in [0.2, 0.25) is 0 Å². The summed E-state index contributed by atoms with van der Waals surface area (Å²) in [5.41, 5.74) is 0. The summed E-state index contributed by atoms with van der Waals surface area (Å²) in [7, 11) is 14.6. The van der Waals surface area contributed by atoms with Gasteiger partial charge < -0.3 is 20.4 Å². The molecule has 0 heterocycles. The Morgan fingerprint density at radius 2 is 0.440 bits per heavy atom. The Morgan fingerprint density at radius 1 is 0.400 bits per heavy atom. The zero-order valence-electron chi connectivity index (χ0n) is 18.4. The van der Waals surface area contributed by atoms with E-state index in [0.29, 0.717) is 0 Å². The fourth-order valence-corrected chi connectivity index (χ4v) is 0. The third-order valence-corrected chi connectivity index (χ3v) is 2.99. The van der Waals surface area contributed by atoms with Crippen molar-refractivity contribution in [2.75, 3.05) is 56.4 Å². The largest absolute Gasteiger partial charge is 0.379 e. The fraction of sp³-hybridized carbons (Fsp3) is 1.00. The van der Waals surface area contributed by atoms with Crippen molar-refractivity contribution in [2.24, 2.45) is 0 Å². The van der Waals surface area contributed by atoms with Gasteiger partial charge >= 0.3 is 0 Å². The summed E-state index contributed by atoms with van der Waals surface area (Å²) in [5, 5.41) is 34.2. The molecule has 0 saturated carbocycles. The summed E-state index contributed by atoms with van der Waals surface area (Å²) < 4.78 is 0. The van der Waals surface area contributed by atoms with Gasteiger partial charge in [-0.15, -0.1) is 0 Å². The molecule has 9 heteroatoms. The van der Waals surface area contributed by atoms with Crippen molar-refractivity contribution in [1.29, 1.82) is 0 Å². The van der Waals surface area contributed by atoms with Crippen LogP contribution in [0.1, 0.15) is 27.7 Å². The minimum atomic E-state index is -0.315. The molecule has 25 heavy (non-hydrogen) atoms. The Kier molecular flexibility index (Phi) is 33.0. The van der Waals surface area contributed by atoms with Gasteiger partial charge in [0, 0.05) is 26.2 Å². The quantitative estimate of drug-likeness (QED) is 0.430. The molecule has 0 saturated heterocycles. The van der Waals surface area contributed by atoms with E-state index in [4.69, 9.17) is 20.4 Å². The topological polar surface area (TPSA) is 93.9 Å². The molecule has 0 aromatic heterocycles. The predicted octanol–water partition coefficient (Wildman–Crippen LogP) is -0.457. The van der Waals surface area contributed by atoms with Gasteiger partial charge in [0.05, 0.1) is 0 Å². The summed E-state index contributed by atoms with van der Waals surface area (Å²) in [4.78, 5) is 6.89. The second kappa shape index (κ2) is 22.6. The first-order chi connectivity index (χ1) is 10.6. The van der Waals surface area contributed by atoms with E-state index in [0.717, 1.165) is 0 Å². The maximum Gasteiger partial charge on any atom is 0.104 e. The smallest absolute Gasteiger partial charge is 0.104 e. The molecule has 0 bridgehead atoms. The first-order valence-corrected chi connectivity index (χ1v) is 7.95. The van der Waals surface area contributed by atoms with Crippen LogP contribution in [0.15, 0.2) is 0 Å². The standard InChI is InChI=1S/4C4H11NO.Zr/c4*1-4(6)5(2)3;/h4*4,6H,1-3H3;. The molecule has 0 aromatic rings. The monoisotopic (exact) mass is 446 g/mol.